The second-order valence-corrected chi connectivity index (χ2v) is 3.11. The monoisotopic (exact) mass is 203 g/mol. The zero-order valence-electron chi connectivity index (χ0n) is 8.36. The Hall–Kier alpha value is -1.86. The number of hydrogen-bond donors (Lipinski definition) is 2. The van der Waals surface area contributed by atoms with Crippen LogP contribution in [0.4, 0.5) is 5.82 Å². The Morgan fingerprint density at radius 1 is 1.67 bits per heavy atom. The molecule has 0 aliphatic heterocycles. The van der Waals surface area contributed by atoms with E-state index in [0.717, 1.165) is 5.56 Å². The van der Waals surface area contributed by atoms with E-state index in [1.54, 1.807) is 18.3 Å². The standard InChI is InChI=1S/C11H13N3O/c1-2-4-13-8-10(15)6-9-3-5-14-11(12)7-9/h1,3,5,7,13H,4,6,8H2,(H2,12,14). The van der Waals surface area contributed by atoms with Crippen LogP contribution in [-0.4, -0.2) is 23.9 Å². The summed E-state index contributed by atoms with van der Waals surface area (Å²) in [5.41, 5.74) is 6.36. The van der Waals surface area contributed by atoms with E-state index in [1.165, 1.54) is 0 Å². The van der Waals surface area contributed by atoms with Crippen molar-refractivity contribution in [2.24, 2.45) is 0 Å². The normalized spacial score (nSPS) is 9.53. The molecule has 3 N–H and O–H groups in total. The van der Waals surface area contributed by atoms with E-state index < -0.39 is 0 Å². The molecule has 0 aliphatic rings. The quantitative estimate of drug-likeness (QED) is 0.522. The van der Waals surface area contributed by atoms with E-state index in [4.69, 9.17) is 12.2 Å². The molecule has 1 aromatic heterocycles. The van der Waals surface area contributed by atoms with Crippen LogP contribution in [0.2, 0.25) is 0 Å². The minimum Gasteiger partial charge on any atom is -0.384 e. The summed E-state index contributed by atoms with van der Waals surface area (Å²) in [5.74, 6) is 2.91. The Bertz CT molecular complexity index is 382. The van der Waals surface area contributed by atoms with Crippen LogP contribution in [0.3, 0.4) is 0 Å². The van der Waals surface area contributed by atoms with Gasteiger partial charge in [-0.1, -0.05) is 5.92 Å². The van der Waals surface area contributed by atoms with Gasteiger partial charge >= 0.3 is 0 Å². The predicted octanol–water partition coefficient (Wildman–Crippen LogP) is -0.00180. The van der Waals surface area contributed by atoms with Crippen molar-refractivity contribution in [2.75, 3.05) is 18.8 Å². The van der Waals surface area contributed by atoms with Crippen molar-refractivity contribution >= 4 is 11.6 Å². The number of carbonyl (C=O) groups is 1. The third-order valence-corrected chi connectivity index (χ3v) is 1.80. The molecule has 0 aromatic carbocycles. The van der Waals surface area contributed by atoms with E-state index in [2.05, 4.69) is 16.2 Å². The van der Waals surface area contributed by atoms with Crippen LogP contribution in [-0.2, 0) is 11.2 Å². The molecule has 0 amide bonds. The number of anilines is 1. The molecule has 0 bridgehead atoms. The highest BCUT2D eigenvalue weighted by Gasteiger charge is 2.03. The fraction of sp³-hybridized carbons (Fsp3) is 0.273. The number of nitrogen functional groups attached to an aromatic ring is 1. The molecule has 15 heavy (non-hydrogen) atoms. The third kappa shape index (κ3) is 4.25. The molecular formula is C11H13N3O. The number of nitrogens with one attached hydrogen (secondary N) is 1. The fourth-order valence-electron chi connectivity index (χ4n) is 1.17. The lowest BCUT2D eigenvalue weighted by molar-refractivity contribution is -0.117. The van der Waals surface area contributed by atoms with Crippen LogP contribution in [0.25, 0.3) is 0 Å². The Morgan fingerprint density at radius 3 is 3.13 bits per heavy atom. The van der Waals surface area contributed by atoms with Crippen LogP contribution in [0, 0.1) is 12.3 Å². The van der Waals surface area contributed by atoms with Gasteiger partial charge in [0.15, 0.2) is 5.78 Å². The highest BCUT2D eigenvalue weighted by molar-refractivity contribution is 5.82. The van der Waals surface area contributed by atoms with Gasteiger partial charge in [-0.2, -0.15) is 0 Å². The lowest BCUT2D eigenvalue weighted by atomic mass is 10.1. The topological polar surface area (TPSA) is 68.0 Å². The van der Waals surface area contributed by atoms with E-state index in [9.17, 15) is 4.79 Å². The number of carbonyl (C=O) groups excluding carboxylic acids is 1. The van der Waals surface area contributed by atoms with Gasteiger partial charge in [-0.15, -0.1) is 6.42 Å². The number of aromatic nitrogens is 1. The van der Waals surface area contributed by atoms with Gasteiger partial charge in [0.05, 0.1) is 13.1 Å². The molecule has 0 saturated heterocycles. The number of hydrogen-bond acceptors (Lipinski definition) is 4. The lowest BCUT2D eigenvalue weighted by Gasteiger charge is -2.02. The van der Waals surface area contributed by atoms with Crippen LogP contribution >= 0.6 is 0 Å². The van der Waals surface area contributed by atoms with Gasteiger partial charge in [0.25, 0.3) is 0 Å². The first-order valence-electron chi connectivity index (χ1n) is 4.58. The van der Waals surface area contributed by atoms with Crippen LogP contribution in [0.15, 0.2) is 18.3 Å². The maximum absolute atomic E-state index is 11.4. The first-order valence-corrected chi connectivity index (χ1v) is 4.58. The smallest absolute Gasteiger partial charge is 0.150 e. The SMILES string of the molecule is C#CCNCC(=O)Cc1ccnc(N)c1. The number of Topliss-reactive ketones (excluding diaryl/α,β-unsaturated/α-hetero) is 1. The largest absolute Gasteiger partial charge is 0.384 e. The van der Waals surface area contributed by atoms with Gasteiger partial charge in [0.2, 0.25) is 0 Å². The first-order chi connectivity index (χ1) is 7.22. The van der Waals surface area contributed by atoms with E-state index in [1.807, 2.05) is 0 Å². The summed E-state index contributed by atoms with van der Waals surface area (Å²) in [6.45, 7) is 0.691. The minimum absolute atomic E-state index is 0.0795. The Labute approximate surface area is 88.9 Å². The third-order valence-electron chi connectivity index (χ3n) is 1.80. The van der Waals surface area contributed by atoms with Crippen molar-refractivity contribution in [2.45, 2.75) is 6.42 Å². The zero-order valence-corrected chi connectivity index (χ0v) is 8.36. The second kappa shape index (κ2) is 5.78. The molecule has 0 unspecified atom stereocenters. The molecule has 78 valence electrons. The van der Waals surface area contributed by atoms with Crippen LogP contribution in [0.1, 0.15) is 5.56 Å². The van der Waals surface area contributed by atoms with Gasteiger partial charge in [-0.25, -0.2) is 4.98 Å². The van der Waals surface area contributed by atoms with E-state index in [-0.39, 0.29) is 12.3 Å². The first kappa shape index (κ1) is 11.2. The van der Waals surface area contributed by atoms with Crippen molar-refractivity contribution in [1.29, 1.82) is 0 Å². The van der Waals surface area contributed by atoms with Crippen LogP contribution in [0.5, 0.6) is 0 Å². The Morgan fingerprint density at radius 2 is 2.47 bits per heavy atom. The van der Waals surface area contributed by atoms with Gasteiger partial charge < -0.3 is 5.73 Å². The molecule has 4 nitrogen and oxygen atoms in total. The summed E-state index contributed by atoms with van der Waals surface area (Å²) >= 11 is 0. The molecule has 0 atom stereocenters. The van der Waals surface area contributed by atoms with Gasteiger partial charge in [-0.05, 0) is 17.7 Å². The number of terminal acetylenes is 1. The molecule has 4 heteroatoms. The average Bonchev–Trinajstić information content (AvgIpc) is 2.18. The van der Waals surface area contributed by atoms with Crippen molar-refractivity contribution in [1.82, 2.24) is 10.3 Å². The van der Waals surface area contributed by atoms with E-state index >= 15 is 0 Å². The highest BCUT2D eigenvalue weighted by Crippen LogP contribution is 2.03. The molecule has 1 rings (SSSR count). The molecule has 1 aromatic rings. The van der Waals surface area contributed by atoms with Gasteiger partial charge in [0.1, 0.15) is 5.82 Å². The Kier molecular flexibility index (Phi) is 4.32. The average molecular weight is 203 g/mol. The molecule has 1 heterocycles. The maximum Gasteiger partial charge on any atom is 0.150 e. The molecular weight excluding hydrogens is 190 g/mol. The molecule has 0 aliphatic carbocycles. The number of rotatable bonds is 5. The predicted molar refractivity (Wildman–Crippen MR) is 59.1 cm³/mol. The fourth-order valence-corrected chi connectivity index (χ4v) is 1.17. The minimum atomic E-state index is 0.0795. The summed E-state index contributed by atoms with van der Waals surface area (Å²) in [7, 11) is 0. The molecule has 0 spiro atoms. The van der Waals surface area contributed by atoms with Crippen molar-refractivity contribution < 1.29 is 4.79 Å². The van der Waals surface area contributed by atoms with E-state index in [0.29, 0.717) is 18.8 Å². The van der Waals surface area contributed by atoms with Crippen molar-refractivity contribution in [3.63, 3.8) is 0 Å². The maximum atomic E-state index is 11.4. The molecule has 0 saturated carbocycles. The number of ketones is 1. The molecule has 0 radical (unpaired) electrons. The number of nitrogens with zero attached hydrogens (tertiary/aromatic N) is 1. The van der Waals surface area contributed by atoms with Crippen molar-refractivity contribution in [3.8, 4) is 12.3 Å². The van der Waals surface area contributed by atoms with Crippen molar-refractivity contribution in [3.05, 3.63) is 23.9 Å². The summed E-state index contributed by atoms with van der Waals surface area (Å²) in [6.07, 6.45) is 6.98. The summed E-state index contributed by atoms with van der Waals surface area (Å²) in [4.78, 5) is 15.3. The van der Waals surface area contributed by atoms with Crippen LogP contribution < -0.4 is 11.1 Å². The summed E-state index contributed by atoms with van der Waals surface area (Å²) in [6, 6.07) is 3.47. The zero-order chi connectivity index (χ0) is 11.1. The second-order valence-electron chi connectivity index (χ2n) is 3.11. The number of pyridine rings is 1. The molecule has 0 fully saturated rings. The highest BCUT2D eigenvalue weighted by atomic mass is 16.1. The lowest BCUT2D eigenvalue weighted by Crippen LogP contribution is -2.24. The number of nitrogens with two attached hydrogens (primary N) is 1. The summed E-state index contributed by atoms with van der Waals surface area (Å²) in [5, 5.41) is 2.84. The Balaban J connectivity index is 2.42. The summed E-state index contributed by atoms with van der Waals surface area (Å²) < 4.78 is 0. The van der Waals surface area contributed by atoms with Gasteiger partial charge in [-0.3, -0.25) is 10.1 Å². The van der Waals surface area contributed by atoms with Gasteiger partial charge in [0, 0.05) is 12.6 Å².